The fourth-order valence-electron chi connectivity index (χ4n) is 1.51. The van der Waals surface area contributed by atoms with Crippen molar-refractivity contribution in [1.29, 1.82) is 0 Å². The van der Waals surface area contributed by atoms with Gasteiger partial charge in [-0.2, -0.15) is 11.8 Å². The lowest BCUT2D eigenvalue weighted by atomic mass is 10.1. The number of aliphatic hydroxyl groups excluding tert-OH is 1. The van der Waals surface area contributed by atoms with Gasteiger partial charge in [0.05, 0.1) is 6.20 Å². The van der Waals surface area contributed by atoms with E-state index in [0.29, 0.717) is 5.76 Å². The van der Waals surface area contributed by atoms with E-state index in [1.54, 1.807) is 6.20 Å². The van der Waals surface area contributed by atoms with Gasteiger partial charge in [-0.3, -0.25) is 0 Å². The average Bonchev–Trinajstić information content (AvgIpc) is 2.76. The summed E-state index contributed by atoms with van der Waals surface area (Å²) < 4.78 is 5.32. The van der Waals surface area contributed by atoms with Crippen LogP contribution in [-0.2, 0) is 13.0 Å². The van der Waals surface area contributed by atoms with E-state index < -0.39 is 0 Å². The first-order valence-electron chi connectivity index (χ1n) is 4.50. The molecule has 1 aliphatic rings. The molecule has 1 unspecified atom stereocenters. The van der Waals surface area contributed by atoms with Crippen molar-refractivity contribution in [2.75, 3.05) is 11.5 Å². The largest absolute Gasteiger partial charge is 0.443 e. The van der Waals surface area contributed by atoms with Crippen molar-refractivity contribution >= 4 is 11.8 Å². The molecule has 1 aliphatic heterocycles. The highest BCUT2D eigenvalue weighted by Gasteiger charge is 2.18. The van der Waals surface area contributed by atoms with Crippen LogP contribution in [0.4, 0.5) is 0 Å². The van der Waals surface area contributed by atoms with E-state index in [-0.39, 0.29) is 6.61 Å². The third-order valence-corrected chi connectivity index (χ3v) is 3.48. The summed E-state index contributed by atoms with van der Waals surface area (Å²) in [5, 5.41) is 8.77. The predicted molar refractivity (Wildman–Crippen MR) is 51.6 cm³/mol. The molecule has 0 bridgehead atoms. The van der Waals surface area contributed by atoms with E-state index >= 15 is 0 Å². The fourth-order valence-corrected chi connectivity index (χ4v) is 2.79. The summed E-state index contributed by atoms with van der Waals surface area (Å²) in [7, 11) is 0. The van der Waals surface area contributed by atoms with E-state index in [1.807, 2.05) is 11.8 Å². The molecule has 1 aromatic rings. The van der Waals surface area contributed by atoms with E-state index in [0.717, 1.165) is 18.2 Å². The Labute approximate surface area is 81.5 Å². The maximum Gasteiger partial charge on any atom is 0.194 e. The number of rotatable bonds is 3. The topological polar surface area (TPSA) is 46.3 Å². The van der Waals surface area contributed by atoms with Crippen molar-refractivity contribution in [3.63, 3.8) is 0 Å². The number of hydrogen-bond donors (Lipinski definition) is 1. The second-order valence-electron chi connectivity index (χ2n) is 3.31. The quantitative estimate of drug-likeness (QED) is 0.800. The lowest BCUT2D eigenvalue weighted by Gasteiger charge is -2.02. The number of nitrogens with zero attached hydrogens (tertiary/aromatic N) is 1. The van der Waals surface area contributed by atoms with Gasteiger partial charge in [-0.1, -0.05) is 0 Å². The molecule has 0 aliphatic carbocycles. The maximum absolute atomic E-state index is 8.77. The lowest BCUT2D eigenvalue weighted by Crippen LogP contribution is -2.02. The summed E-state index contributed by atoms with van der Waals surface area (Å²) >= 11 is 2.00. The monoisotopic (exact) mass is 199 g/mol. The molecule has 3 nitrogen and oxygen atoms in total. The molecule has 2 rings (SSSR count). The normalized spacial score (nSPS) is 22.4. The minimum absolute atomic E-state index is 0.0492. The SMILES string of the molecule is OCc1cnc(CC2CCSC2)o1. The van der Waals surface area contributed by atoms with E-state index in [1.165, 1.54) is 17.9 Å². The Hall–Kier alpha value is -0.480. The average molecular weight is 199 g/mol. The highest BCUT2D eigenvalue weighted by Crippen LogP contribution is 2.26. The Balaban J connectivity index is 1.92. The number of aromatic nitrogens is 1. The molecule has 2 heterocycles. The van der Waals surface area contributed by atoms with Crippen LogP contribution in [0.2, 0.25) is 0 Å². The van der Waals surface area contributed by atoms with Crippen molar-refractivity contribution in [1.82, 2.24) is 4.98 Å². The molecular formula is C9H13NO2S. The third-order valence-electron chi connectivity index (χ3n) is 2.24. The van der Waals surface area contributed by atoms with Crippen LogP contribution in [0, 0.1) is 5.92 Å². The van der Waals surface area contributed by atoms with Gasteiger partial charge >= 0.3 is 0 Å². The summed E-state index contributed by atoms with van der Waals surface area (Å²) in [6.45, 7) is -0.0492. The molecule has 13 heavy (non-hydrogen) atoms. The first-order valence-corrected chi connectivity index (χ1v) is 5.66. The molecule has 1 fully saturated rings. The van der Waals surface area contributed by atoms with Gasteiger partial charge in [-0.15, -0.1) is 0 Å². The van der Waals surface area contributed by atoms with Crippen LogP contribution >= 0.6 is 11.8 Å². The summed E-state index contributed by atoms with van der Waals surface area (Å²) in [5.41, 5.74) is 0. The summed E-state index contributed by atoms with van der Waals surface area (Å²) in [6.07, 6.45) is 3.80. The van der Waals surface area contributed by atoms with Crippen LogP contribution in [0.25, 0.3) is 0 Å². The van der Waals surface area contributed by atoms with Crippen LogP contribution in [0.15, 0.2) is 10.6 Å². The Bertz CT molecular complexity index is 268. The van der Waals surface area contributed by atoms with Crippen LogP contribution in [0.5, 0.6) is 0 Å². The highest BCUT2D eigenvalue weighted by atomic mass is 32.2. The van der Waals surface area contributed by atoms with Crippen LogP contribution in [-0.4, -0.2) is 21.6 Å². The zero-order valence-corrected chi connectivity index (χ0v) is 8.22. The zero-order chi connectivity index (χ0) is 9.10. The van der Waals surface area contributed by atoms with Gasteiger partial charge in [0.2, 0.25) is 0 Å². The van der Waals surface area contributed by atoms with E-state index in [4.69, 9.17) is 9.52 Å². The van der Waals surface area contributed by atoms with Gasteiger partial charge < -0.3 is 9.52 Å². The Kier molecular flexibility index (Phi) is 2.90. The number of hydrogen-bond acceptors (Lipinski definition) is 4. The van der Waals surface area contributed by atoms with Crippen molar-refractivity contribution in [2.24, 2.45) is 5.92 Å². The van der Waals surface area contributed by atoms with Crippen molar-refractivity contribution in [3.05, 3.63) is 17.8 Å². The molecule has 72 valence electrons. The second-order valence-corrected chi connectivity index (χ2v) is 4.46. The van der Waals surface area contributed by atoms with E-state index in [9.17, 15) is 0 Å². The van der Waals surface area contributed by atoms with Crippen LogP contribution in [0.3, 0.4) is 0 Å². The van der Waals surface area contributed by atoms with Crippen LogP contribution in [0.1, 0.15) is 18.1 Å². The van der Waals surface area contributed by atoms with Gasteiger partial charge in [-0.25, -0.2) is 4.98 Å². The Morgan fingerprint density at radius 3 is 3.23 bits per heavy atom. The van der Waals surface area contributed by atoms with Gasteiger partial charge in [0, 0.05) is 6.42 Å². The predicted octanol–water partition coefficient (Wildman–Crippen LogP) is 1.46. The molecule has 0 radical (unpaired) electrons. The number of oxazole rings is 1. The molecule has 1 aromatic heterocycles. The molecular weight excluding hydrogens is 186 g/mol. The molecule has 0 aromatic carbocycles. The standard InChI is InChI=1S/C9H13NO2S/c11-5-8-4-10-9(12-8)3-7-1-2-13-6-7/h4,7,11H,1-3,5-6H2. The minimum Gasteiger partial charge on any atom is -0.443 e. The van der Waals surface area contributed by atoms with Crippen molar-refractivity contribution in [3.8, 4) is 0 Å². The second kappa shape index (κ2) is 4.15. The minimum atomic E-state index is -0.0492. The fraction of sp³-hybridized carbons (Fsp3) is 0.667. The van der Waals surface area contributed by atoms with Gasteiger partial charge in [0.25, 0.3) is 0 Å². The Morgan fingerprint density at radius 1 is 1.69 bits per heavy atom. The molecule has 0 saturated carbocycles. The number of aliphatic hydroxyl groups is 1. The summed E-state index contributed by atoms with van der Waals surface area (Å²) in [6, 6.07) is 0. The van der Waals surface area contributed by atoms with Crippen molar-refractivity contribution < 1.29 is 9.52 Å². The first-order chi connectivity index (χ1) is 6.38. The summed E-state index contributed by atoms with van der Waals surface area (Å²) in [5.74, 6) is 4.54. The molecule has 1 saturated heterocycles. The number of thioether (sulfide) groups is 1. The van der Waals surface area contributed by atoms with Gasteiger partial charge in [0.15, 0.2) is 5.89 Å². The highest BCUT2D eigenvalue weighted by molar-refractivity contribution is 7.99. The van der Waals surface area contributed by atoms with Crippen LogP contribution < -0.4 is 0 Å². The maximum atomic E-state index is 8.77. The molecule has 4 heteroatoms. The Morgan fingerprint density at radius 2 is 2.62 bits per heavy atom. The van der Waals surface area contributed by atoms with Gasteiger partial charge in [-0.05, 0) is 23.8 Å². The zero-order valence-electron chi connectivity index (χ0n) is 7.40. The third kappa shape index (κ3) is 2.25. The lowest BCUT2D eigenvalue weighted by molar-refractivity contribution is 0.242. The molecule has 1 N–H and O–H groups in total. The smallest absolute Gasteiger partial charge is 0.194 e. The van der Waals surface area contributed by atoms with Gasteiger partial charge in [0.1, 0.15) is 12.4 Å². The summed E-state index contributed by atoms with van der Waals surface area (Å²) in [4.78, 5) is 4.11. The first kappa shape index (κ1) is 9.09. The van der Waals surface area contributed by atoms with Crippen molar-refractivity contribution in [2.45, 2.75) is 19.4 Å². The molecule has 1 atom stereocenters. The van der Waals surface area contributed by atoms with E-state index in [2.05, 4.69) is 4.98 Å². The molecule has 0 amide bonds. The molecule has 0 spiro atoms.